The van der Waals surface area contributed by atoms with Gasteiger partial charge in [0.2, 0.25) is 0 Å². The first-order valence-electron chi connectivity index (χ1n) is 8.83. The van der Waals surface area contributed by atoms with Gasteiger partial charge in [0, 0.05) is 12.6 Å². The molecule has 1 aromatic heterocycles. The summed E-state index contributed by atoms with van der Waals surface area (Å²) in [5, 5.41) is 13.7. The average molecular weight is 337 g/mol. The summed E-state index contributed by atoms with van der Waals surface area (Å²) >= 11 is 0. The molecule has 0 saturated heterocycles. The zero-order valence-corrected chi connectivity index (χ0v) is 14.1. The van der Waals surface area contributed by atoms with Crippen molar-refractivity contribution < 1.29 is 9.84 Å². The number of nitrogens with zero attached hydrogens (tertiary/aromatic N) is 1. The van der Waals surface area contributed by atoms with Crippen molar-refractivity contribution in [1.29, 1.82) is 0 Å². The van der Waals surface area contributed by atoms with E-state index in [1.807, 2.05) is 18.2 Å². The Kier molecular flexibility index (Phi) is 4.68. The van der Waals surface area contributed by atoms with Crippen LogP contribution in [0.25, 0.3) is 11.0 Å². The van der Waals surface area contributed by atoms with Crippen molar-refractivity contribution in [3.05, 3.63) is 59.9 Å². The van der Waals surface area contributed by atoms with E-state index in [9.17, 15) is 5.11 Å². The Bertz CT molecular complexity index is 846. The Labute approximate surface area is 147 Å². The third-order valence-corrected chi connectivity index (χ3v) is 4.83. The van der Waals surface area contributed by atoms with Gasteiger partial charge in [-0.05, 0) is 42.5 Å². The van der Waals surface area contributed by atoms with E-state index in [0.29, 0.717) is 18.3 Å². The number of aliphatic hydroxyl groups excluding tert-OH is 1. The van der Waals surface area contributed by atoms with E-state index in [-0.39, 0.29) is 6.61 Å². The topological polar surface area (TPSA) is 70.2 Å². The van der Waals surface area contributed by atoms with Gasteiger partial charge in [0.1, 0.15) is 24.0 Å². The molecule has 4 rings (SSSR count). The van der Waals surface area contributed by atoms with E-state index in [4.69, 9.17) is 4.74 Å². The predicted octanol–water partition coefficient (Wildman–Crippen LogP) is 2.45. The van der Waals surface area contributed by atoms with Crippen LogP contribution in [0.3, 0.4) is 0 Å². The molecule has 3 aromatic rings. The van der Waals surface area contributed by atoms with Gasteiger partial charge in [-0.15, -0.1) is 0 Å². The van der Waals surface area contributed by atoms with Crippen LogP contribution in [0.2, 0.25) is 0 Å². The summed E-state index contributed by atoms with van der Waals surface area (Å²) in [5.74, 6) is 0.699. The maximum absolute atomic E-state index is 10.2. The van der Waals surface area contributed by atoms with Gasteiger partial charge in [-0.1, -0.05) is 30.3 Å². The molecule has 0 amide bonds. The van der Waals surface area contributed by atoms with Crippen LogP contribution in [0.1, 0.15) is 17.5 Å². The van der Waals surface area contributed by atoms with Crippen LogP contribution in [-0.4, -0.2) is 40.4 Å². The second-order valence-electron chi connectivity index (χ2n) is 6.64. The Balaban J connectivity index is 1.27. The number of aryl methyl sites for hydroxylation is 1. The first-order chi connectivity index (χ1) is 12.3. The predicted molar refractivity (Wildman–Crippen MR) is 97.9 cm³/mol. The molecule has 0 bridgehead atoms. The highest BCUT2D eigenvalue weighted by molar-refractivity contribution is 5.81. The lowest BCUT2D eigenvalue weighted by Crippen LogP contribution is -2.40. The number of aromatic nitrogens is 2. The smallest absolute Gasteiger partial charge is 0.147 e. The van der Waals surface area contributed by atoms with E-state index >= 15 is 0 Å². The number of aliphatic hydroxyl groups is 1. The molecule has 1 aliphatic rings. The van der Waals surface area contributed by atoms with E-state index in [1.165, 1.54) is 11.1 Å². The van der Waals surface area contributed by atoms with Gasteiger partial charge >= 0.3 is 0 Å². The highest BCUT2D eigenvalue weighted by atomic mass is 16.5. The molecule has 0 saturated carbocycles. The number of imidazole rings is 1. The fourth-order valence-corrected chi connectivity index (χ4v) is 3.47. The summed E-state index contributed by atoms with van der Waals surface area (Å²) in [6.45, 7) is 0.783. The van der Waals surface area contributed by atoms with Crippen LogP contribution in [0.5, 0.6) is 5.75 Å². The Morgan fingerprint density at radius 1 is 1.20 bits per heavy atom. The molecule has 0 aliphatic heterocycles. The summed E-state index contributed by atoms with van der Waals surface area (Å²) in [6.07, 6.45) is 4.33. The zero-order valence-electron chi connectivity index (χ0n) is 14.1. The third kappa shape index (κ3) is 3.67. The first-order valence-corrected chi connectivity index (χ1v) is 8.83. The van der Waals surface area contributed by atoms with Gasteiger partial charge in [-0.2, -0.15) is 0 Å². The summed E-state index contributed by atoms with van der Waals surface area (Å²) in [5.41, 5.74) is 4.61. The monoisotopic (exact) mass is 337 g/mol. The Hall–Kier alpha value is -2.37. The van der Waals surface area contributed by atoms with Crippen molar-refractivity contribution in [1.82, 2.24) is 15.3 Å². The molecule has 5 nitrogen and oxygen atoms in total. The van der Waals surface area contributed by atoms with Crippen molar-refractivity contribution in [3.8, 4) is 5.75 Å². The van der Waals surface area contributed by atoms with E-state index in [0.717, 1.165) is 30.3 Å². The second-order valence-corrected chi connectivity index (χ2v) is 6.64. The van der Waals surface area contributed by atoms with Gasteiger partial charge in [0.05, 0.1) is 11.8 Å². The molecule has 0 spiro atoms. The minimum Gasteiger partial charge on any atom is -0.488 e. The number of rotatable bonds is 6. The lowest BCUT2D eigenvalue weighted by molar-refractivity contribution is 0.103. The second kappa shape index (κ2) is 7.25. The average Bonchev–Trinajstić information content (AvgIpc) is 3.14. The molecule has 130 valence electrons. The first kappa shape index (κ1) is 16.1. The highest BCUT2D eigenvalue weighted by Crippen LogP contribution is 2.22. The molecule has 0 radical (unpaired) electrons. The van der Waals surface area contributed by atoms with E-state index < -0.39 is 6.10 Å². The molecule has 3 N–H and O–H groups in total. The van der Waals surface area contributed by atoms with Crippen LogP contribution in [0.15, 0.2) is 48.8 Å². The molecule has 1 heterocycles. The quantitative estimate of drug-likeness (QED) is 0.646. The highest BCUT2D eigenvalue weighted by Gasteiger charge is 2.18. The molecule has 2 atom stereocenters. The Morgan fingerprint density at radius 3 is 3.00 bits per heavy atom. The number of hydrogen-bond acceptors (Lipinski definition) is 4. The van der Waals surface area contributed by atoms with Gasteiger partial charge in [-0.3, -0.25) is 0 Å². The number of aromatic amines is 1. The fraction of sp³-hybridized carbons (Fsp3) is 0.350. The maximum Gasteiger partial charge on any atom is 0.147 e. The molecule has 5 heteroatoms. The maximum atomic E-state index is 10.2. The molecule has 25 heavy (non-hydrogen) atoms. The molecule has 0 fully saturated rings. The molecule has 2 aromatic carbocycles. The minimum atomic E-state index is -0.550. The summed E-state index contributed by atoms with van der Waals surface area (Å²) in [6, 6.07) is 14.8. The Morgan fingerprint density at radius 2 is 2.08 bits per heavy atom. The number of H-pyrrole nitrogens is 1. The van der Waals surface area contributed by atoms with Crippen molar-refractivity contribution in [2.75, 3.05) is 13.2 Å². The molecule has 2 unspecified atom stereocenters. The van der Waals surface area contributed by atoms with Crippen LogP contribution in [0.4, 0.5) is 0 Å². The third-order valence-electron chi connectivity index (χ3n) is 4.83. The van der Waals surface area contributed by atoms with E-state index in [1.54, 1.807) is 6.33 Å². The SMILES string of the molecule is OC(CNC1CCc2ccccc2C1)COc1cccc2[nH]cnc12. The van der Waals surface area contributed by atoms with Crippen LogP contribution in [0, 0.1) is 0 Å². The van der Waals surface area contributed by atoms with Crippen molar-refractivity contribution in [2.24, 2.45) is 0 Å². The normalized spacial score (nSPS) is 18.0. The lowest BCUT2D eigenvalue weighted by Gasteiger charge is -2.26. The molecule has 1 aliphatic carbocycles. The van der Waals surface area contributed by atoms with Gasteiger partial charge in [0.15, 0.2) is 0 Å². The minimum absolute atomic E-state index is 0.252. The van der Waals surface area contributed by atoms with Gasteiger partial charge in [0.25, 0.3) is 0 Å². The van der Waals surface area contributed by atoms with Crippen molar-refractivity contribution in [3.63, 3.8) is 0 Å². The van der Waals surface area contributed by atoms with Crippen molar-refractivity contribution >= 4 is 11.0 Å². The number of nitrogens with one attached hydrogen (secondary N) is 2. The van der Waals surface area contributed by atoms with Crippen LogP contribution >= 0.6 is 0 Å². The number of benzene rings is 2. The van der Waals surface area contributed by atoms with E-state index in [2.05, 4.69) is 39.6 Å². The zero-order chi connectivity index (χ0) is 17.1. The van der Waals surface area contributed by atoms with Gasteiger partial charge in [-0.25, -0.2) is 4.98 Å². The largest absolute Gasteiger partial charge is 0.488 e. The molecular weight excluding hydrogens is 314 g/mol. The van der Waals surface area contributed by atoms with Gasteiger partial charge < -0.3 is 20.1 Å². The lowest BCUT2D eigenvalue weighted by atomic mass is 9.88. The summed E-state index contributed by atoms with van der Waals surface area (Å²) in [4.78, 5) is 7.32. The number of para-hydroxylation sites is 1. The summed E-state index contributed by atoms with van der Waals surface area (Å²) < 4.78 is 5.76. The number of hydrogen-bond donors (Lipinski definition) is 3. The fourth-order valence-electron chi connectivity index (χ4n) is 3.47. The standard InChI is InChI=1S/C20H23N3O2/c24-17(12-25-19-7-3-6-18-20(19)23-13-22-18)11-21-16-9-8-14-4-1-2-5-15(14)10-16/h1-7,13,16-17,21,24H,8-12H2,(H,22,23). The summed E-state index contributed by atoms with van der Waals surface area (Å²) in [7, 11) is 0. The molecular formula is C20H23N3O2. The number of ether oxygens (including phenoxy) is 1. The van der Waals surface area contributed by atoms with Crippen LogP contribution < -0.4 is 10.1 Å². The van der Waals surface area contributed by atoms with Crippen LogP contribution in [-0.2, 0) is 12.8 Å². The van der Waals surface area contributed by atoms with Crippen molar-refractivity contribution in [2.45, 2.75) is 31.4 Å². The number of fused-ring (bicyclic) bond motifs is 2.